The summed E-state index contributed by atoms with van der Waals surface area (Å²) in [4.78, 5) is 39.7. The van der Waals surface area contributed by atoms with Crippen LogP contribution in [-0.4, -0.2) is 21.9 Å². The molecule has 1 heterocycles. The van der Waals surface area contributed by atoms with Crippen LogP contribution < -0.4 is 16.6 Å². The number of H-pyrrole nitrogens is 2. The number of rotatable bonds is 3. The van der Waals surface area contributed by atoms with Crippen molar-refractivity contribution in [1.82, 2.24) is 15.3 Å². The second-order valence-electron chi connectivity index (χ2n) is 6.03. The van der Waals surface area contributed by atoms with Crippen molar-refractivity contribution in [3.05, 3.63) is 66.9 Å². The maximum absolute atomic E-state index is 12.3. The van der Waals surface area contributed by atoms with Crippen molar-refractivity contribution in [2.75, 3.05) is 0 Å². The summed E-state index contributed by atoms with van der Waals surface area (Å²) in [7, 11) is 0. The second kappa shape index (κ2) is 7.17. The maximum atomic E-state index is 12.3. The van der Waals surface area contributed by atoms with E-state index in [1.54, 1.807) is 0 Å². The van der Waals surface area contributed by atoms with Crippen LogP contribution in [0.15, 0.2) is 44.4 Å². The monoisotopic (exact) mass is 391 g/mol. The van der Waals surface area contributed by atoms with Gasteiger partial charge >= 0.3 is 5.69 Å². The molecule has 1 amide bonds. The number of aromatic nitrogens is 2. The summed E-state index contributed by atoms with van der Waals surface area (Å²) in [5, 5.41) is 2.91. The highest BCUT2D eigenvalue weighted by Gasteiger charge is 2.25. The fraction of sp³-hybridized carbons (Fsp3) is 0.353. The van der Waals surface area contributed by atoms with Crippen molar-refractivity contribution in [2.45, 2.75) is 37.6 Å². The van der Waals surface area contributed by atoms with Crippen LogP contribution in [0.2, 0.25) is 0 Å². The Bertz CT molecular complexity index is 836. The minimum atomic E-state index is -0.693. The number of carbonyl (C=O) groups excluding carboxylic acids is 1. The molecule has 126 valence electrons. The molecule has 7 heteroatoms. The van der Waals surface area contributed by atoms with Gasteiger partial charge in [0.2, 0.25) is 0 Å². The third kappa shape index (κ3) is 3.67. The number of hydrogen-bond acceptors (Lipinski definition) is 3. The van der Waals surface area contributed by atoms with Crippen LogP contribution in [0.25, 0.3) is 0 Å². The van der Waals surface area contributed by atoms with Gasteiger partial charge in [0.15, 0.2) is 0 Å². The standard InChI is InChI=1S/C17H18BrN3O3/c18-13-14(20-17(24)21-15(13)22)16(23)19-12-8-6-11(7-9-12)10-4-2-1-3-5-10/h1-5,11-12H,6-9H2,(H,19,23)(H2,20,21,22,24)/t11-,12-. The molecule has 6 nitrogen and oxygen atoms in total. The average Bonchev–Trinajstić information content (AvgIpc) is 2.59. The molecule has 24 heavy (non-hydrogen) atoms. The Morgan fingerprint density at radius 2 is 1.71 bits per heavy atom. The van der Waals surface area contributed by atoms with E-state index in [0.29, 0.717) is 5.92 Å². The molecular weight excluding hydrogens is 374 g/mol. The number of amides is 1. The summed E-state index contributed by atoms with van der Waals surface area (Å²) in [5.74, 6) is 0.0821. The number of carbonyl (C=O) groups is 1. The van der Waals surface area contributed by atoms with Gasteiger partial charge in [0.1, 0.15) is 10.2 Å². The summed E-state index contributed by atoms with van der Waals surface area (Å²) in [6.07, 6.45) is 3.75. The summed E-state index contributed by atoms with van der Waals surface area (Å²) >= 11 is 3.05. The van der Waals surface area contributed by atoms with Crippen LogP contribution in [-0.2, 0) is 0 Å². The Labute approximate surface area is 146 Å². The van der Waals surface area contributed by atoms with Crippen molar-refractivity contribution < 1.29 is 4.79 Å². The van der Waals surface area contributed by atoms with Crippen molar-refractivity contribution >= 4 is 21.8 Å². The molecule has 0 saturated heterocycles. The number of nitrogens with one attached hydrogen (secondary N) is 3. The summed E-state index contributed by atoms with van der Waals surface area (Å²) in [5.41, 5.74) is -0.00398. The van der Waals surface area contributed by atoms with Crippen molar-refractivity contribution in [3.63, 3.8) is 0 Å². The van der Waals surface area contributed by atoms with Gasteiger partial charge in [-0.25, -0.2) is 4.79 Å². The SMILES string of the molecule is O=C(N[C@H]1CC[C@H](c2ccccc2)CC1)c1[nH]c(=O)[nH]c(=O)c1Br. The first-order chi connectivity index (χ1) is 11.5. The van der Waals surface area contributed by atoms with E-state index >= 15 is 0 Å². The van der Waals surface area contributed by atoms with Crippen LogP contribution in [0.5, 0.6) is 0 Å². The van der Waals surface area contributed by atoms with Crippen molar-refractivity contribution in [3.8, 4) is 0 Å². The first-order valence-corrected chi connectivity index (χ1v) is 8.72. The predicted octanol–water partition coefficient (Wildman–Crippen LogP) is 2.28. The van der Waals surface area contributed by atoms with Crippen LogP contribution >= 0.6 is 15.9 Å². The molecule has 1 aromatic carbocycles. The average molecular weight is 392 g/mol. The fourth-order valence-corrected chi connectivity index (χ4v) is 3.56. The second-order valence-corrected chi connectivity index (χ2v) is 6.82. The molecule has 0 radical (unpaired) electrons. The normalized spacial score (nSPS) is 20.5. The molecule has 0 bridgehead atoms. The van der Waals surface area contributed by atoms with E-state index in [1.807, 2.05) is 18.2 Å². The highest BCUT2D eigenvalue weighted by molar-refractivity contribution is 9.10. The lowest BCUT2D eigenvalue weighted by Gasteiger charge is -2.29. The van der Waals surface area contributed by atoms with E-state index < -0.39 is 17.2 Å². The summed E-state index contributed by atoms with van der Waals surface area (Å²) in [6, 6.07) is 10.4. The Hall–Kier alpha value is -2.15. The van der Waals surface area contributed by atoms with Gasteiger partial charge in [0, 0.05) is 6.04 Å². The fourth-order valence-electron chi connectivity index (χ4n) is 3.18. The van der Waals surface area contributed by atoms with E-state index in [2.05, 4.69) is 43.3 Å². The molecule has 0 aliphatic heterocycles. The van der Waals surface area contributed by atoms with E-state index in [4.69, 9.17) is 0 Å². The van der Waals surface area contributed by atoms with Gasteiger partial charge in [-0.15, -0.1) is 0 Å². The van der Waals surface area contributed by atoms with E-state index in [1.165, 1.54) is 5.56 Å². The topological polar surface area (TPSA) is 94.8 Å². The quantitative estimate of drug-likeness (QED) is 0.748. The molecule has 0 atom stereocenters. The zero-order valence-electron chi connectivity index (χ0n) is 13.0. The Morgan fingerprint density at radius 3 is 2.38 bits per heavy atom. The summed E-state index contributed by atoms with van der Waals surface area (Å²) in [6.45, 7) is 0. The molecule has 0 spiro atoms. The molecular formula is C17H18BrN3O3. The van der Waals surface area contributed by atoms with E-state index in [9.17, 15) is 14.4 Å². The molecule has 1 aromatic heterocycles. The van der Waals surface area contributed by atoms with Gasteiger partial charge in [-0.2, -0.15) is 0 Å². The molecule has 1 aliphatic carbocycles. The highest BCUT2D eigenvalue weighted by atomic mass is 79.9. The van der Waals surface area contributed by atoms with Crippen molar-refractivity contribution in [2.24, 2.45) is 0 Å². The van der Waals surface area contributed by atoms with Crippen LogP contribution in [0.3, 0.4) is 0 Å². The zero-order chi connectivity index (χ0) is 17.1. The highest BCUT2D eigenvalue weighted by Crippen LogP contribution is 2.32. The summed E-state index contributed by atoms with van der Waals surface area (Å²) < 4.78 is 0.0394. The van der Waals surface area contributed by atoms with Gasteiger partial charge in [-0.1, -0.05) is 30.3 Å². The Balaban J connectivity index is 1.63. The van der Waals surface area contributed by atoms with Gasteiger partial charge in [0.25, 0.3) is 11.5 Å². The number of halogens is 1. The molecule has 1 aliphatic rings. The molecule has 2 aromatic rings. The molecule has 1 saturated carbocycles. The Morgan fingerprint density at radius 1 is 1.04 bits per heavy atom. The van der Waals surface area contributed by atoms with Gasteiger partial charge in [-0.05, 0) is 53.1 Å². The molecule has 1 fully saturated rings. The first-order valence-electron chi connectivity index (χ1n) is 7.92. The van der Waals surface area contributed by atoms with E-state index in [0.717, 1.165) is 25.7 Å². The number of hydrogen-bond donors (Lipinski definition) is 3. The molecule has 0 unspecified atom stereocenters. The third-order valence-corrected chi connectivity index (χ3v) is 5.20. The predicted molar refractivity (Wildman–Crippen MR) is 94.3 cm³/mol. The lowest BCUT2D eigenvalue weighted by atomic mass is 9.82. The first kappa shape index (κ1) is 16.7. The zero-order valence-corrected chi connectivity index (χ0v) is 14.6. The number of benzene rings is 1. The van der Waals surface area contributed by atoms with Crippen LogP contribution in [0, 0.1) is 0 Å². The van der Waals surface area contributed by atoms with E-state index in [-0.39, 0.29) is 16.2 Å². The Kier molecular flexibility index (Phi) is 4.99. The lowest BCUT2D eigenvalue weighted by Crippen LogP contribution is -2.39. The van der Waals surface area contributed by atoms with Gasteiger partial charge in [0.05, 0.1) is 0 Å². The number of aromatic amines is 2. The lowest BCUT2D eigenvalue weighted by molar-refractivity contribution is 0.0919. The van der Waals surface area contributed by atoms with Gasteiger partial charge in [-0.3, -0.25) is 14.6 Å². The van der Waals surface area contributed by atoms with Gasteiger partial charge < -0.3 is 10.3 Å². The third-order valence-electron chi connectivity index (χ3n) is 4.44. The van der Waals surface area contributed by atoms with Crippen LogP contribution in [0.4, 0.5) is 0 Å². The smallest absolute Gasteiger partial charge is 0.326 e. The minimum Gasteiger partial charge on any atom is -0.348 e. The largest absolute Gasteiger partial charge is 0.348 e. The van der Waals surface area contributed by atoms with Crippen molar-refractivity contribution in [1.29, 1.82) is 0 Å². The maximum Gasteiger partial charge on any atom is 0.326 e. The molecule has 3 N–H and O–H groups in total. The molecule has 3 rings (SSSR count). The minimum absolute atomic E-state index is 0.0334. The van der Waals surface area contributed by atoms with Crippen LogP contribution in [0.1, 0.15) is 47.7 Å².